The van der Waals surface area contributed by atoms with Gasteiger partial charge in [-0.05, 0) is 38.4 Å². The number of esters is 1. The van der Waals surface area contributed by atoms with Gasteiger partial charge in [0, 0.05) is 12.4 Å². The van der Waals surface area contributed by atoms with Crippen molar-refractivity contribution in [1.82, 2.24) is 0 Å². The summed E-state index contributed by atoms with van der Waals surface area (Å²) < 4.78 is 10.5. The van der Waals surface area contributed by atoms with Gasteiger partial charge in [0.2, 0.25) is 0 Å². The molecular formula is C12H23NO3S. The number of hydrogen-bond acceptors (Lipinski definition) is 5. The van der Waals surface area contributed by atoms with Crippen LogP contribution in [0.5, 0.6) is 0 Å². The zero-order valence-corrected chi connectivity index (χ0v) is 11.3. The van der Waals surface area contributed by atoms with Gasteiger partial charge in [0.15, 0.2) is 0 Å². The number of nitrogens with two attached hydrogens (primary N) is 1. The molecule has 1 fully saturated rings. The molecule has 1 aliphatic rings. The monoisotopic (exact) mass is 261 g/mol. The van der Waals surface area contributed by atoms with Crippen molar-refractivity contribution in [3.05, 3.63) is 0 Å². The standard InChI is InChI=1S/C12H23NO3S/c1-2-15-12(14)11(13)6-8-17-9-10-5-3-4-7-16-10/h10-11H,2-9,13H2,1H3. The van der Waals surface area contributed by atoms with Crippen molar-refractivity contribution in [2.75, 3.05) is 24.7 Å². The molecule has 1 heterocycles. The first-order valence-electron chi connectivity index (χ1n) is 6.35. The maximum atomic E-state index is 11.3. The minimum atomic E-state index is -0.477. The number of thioether (sulfide) groups is 1. The Kier molecular flexibility index (Phi) is 7.64. The second kappa shape index (κ2) is 8.78. The third-order valence-corrected chi connectivity index (χ3v) is 3.87. The summed E-state index contributed by atoms with van der Waals surface area (Å²) in [6.45, 7) is 3.09. The molecule has 0 aliphatic carbocycles. The van der Waals surface area contributed by atoms with E-state index in [9.17, 15) is 4.79 Å². The lowest BCUT2D eigenvalue weighted by Gasteiger charge is -2.22. The fraction of sp³-hybridized carbons (Fsp3) is 0.917. The third-order valence-electron chi connectivity index (χ3n) is 2.74. The van der Waals surface area contributed by atoms with Crippen molar-refractivity contribution < 1.29 is 14.3 Å². The average Bonchev–Trinajstić information content (AvgIpc) is 2.36. The molecule has 0 aromatic heterocycles. The lowest BCUT2D eigenvalue weighted by molar-refractivity contribution is -0.144. The SMILES string of the molecule is CCOC(=O)C(N)CCSCC1CCCCO1. The van der Waals surface area contributed by atoms with Crippen molar-refractivity contribution in [3.8, 4) is 0 Å². The molecule has 0 saturated carbocycles. The second-order valence-corrected chi connectivity index (χ2v) is 5.36. The lowest BCUT2D eigenvalue weighted by atomic mass is 10.1. The zero-order valence-electron chi connectivity index (χ0n) is 10.5. The van der Waals surface area contributed by atoms with Gasteiger partial charge in [-0.2, -0.15) is 11.8 Å². The first kappa shape index (κ1) is 14.8. The van der Waals surface area contributed by atoms with Crippen LogP contribution in [-0.2, 0) is 14.3 Å². The smallest absolute Gasteiger partial charge is 0.322 e. The molecule has 1 saturated heterocycles. The molecule has 17 heavy (non-hydrogen) atoms. The summed E-state index contributed by atoms with van der Waals surface area (Å²) in [5, 5.41) is 0. The summed E-state index contributed by atoms with van der Waals surface area (Å²) in [6.07, 6.45) is 4.70. The van der Waals surface area contributed by atoms with Crippen LogP contribution >= 0.6 is 11.8 Å². The Morgan fingerprint density at radius 2 is 2.41 bits per heavy atom. The van der Waals surface area contributed by atoms with Crippen LogP contribution in [0.2, 0.25) is 0 Å². The van der Waals surface area contributed by atoms with E-state index in [0.717, 1.165) is 24.5 Å². The zero-order chi connectivity index (χ0) is 12.5. The van der Waals surface area contributed by atoms with Crippen molar-refractivity contribution in [2.45, 2.75) is 44.8 Å². The summed E-state index contributed by atoms with van der Waals surface area (Å²) in [7, 11) is 0. The number of carbonyl (C=O) groups excluding carboxylic acids is 1. The lowest BCUT2D eigenvalue weighted by Crippen LogP contribution is -2.33. The largest absolute Gasteiger partial charge is 0.465 e. The maximum absolute atomic E-state index is 11.3. The minimum Gasteiger partial charge on any atom is -0.465 e. The summed E-state index contributed by atoms with van der Waals surface area (Å²) in [4.78, 5) is 11.3. The van der Waals surface area contributed by atoms with Crippen molar-refractivity contribution >= 4 is 17.7 Å². The van der Waals surface area contributed by atoms with Gasteiger partial charge in [0.25, 0.3) is 0 Å². The average molecular weight is 261 g/mol. The normalized spacial score (nSPS) is 22.1. The van der Waals surface area contributed by atoms with E-state index in [1.54, 1.807) is 6.92 Å². The molecule has 5 heteroatoms. The van der Waals surface area contributed by atoms with Crippen LogP contribution in [0.15, 0.2) is 0 Å². The first-order chi connectivity index (χ1) is 8.24. The number of ether oxygens (including phenoxy) is 2. The van der Waals surface area contributed by atoms with Gasteiger partial charge in [0.05, 0.1) is 12.7 Å². The van der Waals surface area contributed by atoms with Crippen LogP contribution in [0.1, 0.15) is 32.6 Å². The maximum Gasteiger partial charge on any atom is 0.322 e. The van der Waals surface area contributed by atoms with Crippen LogP contribution in [0, 0.1) is 0 Å². The number of carbonyl (C=O) groups is 1. The van der Waals surface area contributed by atoms with Gasteiger partial charge in [-0.25, -0.2) is 0 Å². The Balaban J connectivity index is 2.00. The van der Waals surface area contributed by atoms with E-state index < -0.39 is 6.04 Å². The van der Waals surface area contributed by atoms with Crippen LogP contribution in [-0.4, -0.2) is 42.8 Å². The van der Waals surface area contributed by atoms with E-state index in [-0.39, 0.29) is 5.97 Å². The van der Waals surface area contributed by atoms with E-state index in [2.05, 4.69) is 0 Å². The molecule has 0 amide bonds. The van der Waals surface area contributed by atoms with Crippen LogP contribution < -0.4 is 5.73 Å². The molecular weight excluding hydrogens is 238 g/mol. The van der Waals surface area contributed by atoms with E-state index in [1.165, 1.54) is 12.8 Å². The van der Waals surface area contributed by atoms with E-state index in [0.29, 0.717) is 19.1 Å². The quantitative estimate of drug-likeness (QED) is 0.557. The fourth-order valence-corrected chi connectivity index (χ4v) is 2.84. The first-order valence-corrected chi connectivity index (χ1v) is 7.51. The molecule has 2 atom stereocenters. The number of hydrogen-bond donors (Lipinski definition) is 1. The van der Waals surface area contributed by atoms with Gasteiger partial charge >= 0.3 is 5.97 Å². The highest BCUT2D eigenvalue weighted by atomic mass is 32.2. The molecule has 1 aliphatic heterocycles. The molecule has 2 N–H and O–H groups in total. The molecule has 0 radical (unpaired) electrons. The highest BCUT2D eigenvalue weighted by molar-refractivity contribution is 7.99. The molecule has 0 aromatic rings. The Labute approximate surface area is 108 Å². The van der Waals surface area contributed by atoms with Crippen molar-refractivity contribution in [1.29, 1.82) is 0 Å². The molecule has 0 aromatic carbocycles. The van der Waals surface area contributed by atoms with E-state index >= 15 is 0 Å². The summed E-state index contributed by atoms with van der Waals surface area (Å²) >= 11 is 1.81. The molecule has 2 unspecified atom stereocenters. The Hall–Kier alpha value is -0.260. The van der Waals surface area contributed by atoms with Crippen LogP contribution in [0.3, 0.4) is 0 Å². The molecule has 0 bridgehead atoms. The summed E-state index contributed by atoms with van der Waals surface area (Å²) in [5.41, 5.74) is 5.70. The Morgan fingerprint density at radius 1 is 1.59 bits per heavy atom. The molecule has 0 spiro atoms. The number of rotatable bonds is 7. The Bertz CT molecular complexity index is 220. The predicted octanol–water partition coefficient (Wildman–Crippen LogP) is 1.57. The molecule has 1 rings (SSSR count). The minimum absolute atomic E-state index is 0.290. The van der Waals surface area contributed by atoms with Crippen LogP contribution in [0.4, 0.5) is 0 Å². The third kappa shape index (κ3) is 6.29. The molecule has 4 nitrogen and oxygen atoms in total. The van der Waals surface area contributed by atoms with Crippen LogP contribution in [0.25, 0.3) is 0 Å². The highest BCUT2D eigenvalue weighted by Gasteiger charge is 2.16. The van der Waals surface area contributed by atoms with Crippen molar-refractivity contribution in [3.63, 3.8) is 0 Å². The van der Waals surface area contributed by atoms with Gasteiger partial charge < -0.3 is 15.2 Å². The topological polar surface area (TPSA) is 61.5 Å². The fourth-order valence-electron chi connectivity index (χ4n) is 1.73. The second-order valence-electron chi connectivity index (χ2n) is 4.21. The van der Waals surface area contributed by atoms with E-state index in [4.69, 9.17) is 15.2 Å². The van der Waals surface area contributed by atoms with Gasteiger partial charge in [0.1, 0.15) is 6.04 Å². The highest BCUT2D eigenvalue weighted by Crippen LogP contribution is 2.17. The summed E-state index contributed by atoms with van der Waals surface area (Å²) in [5.74, 6) is 1.61. The predicted molar refractivity (Wildman–Crippen MR) is 70.1 cm³/mol. The van der Waals surface area contributed by atoms with Gasteiger partial charge in [-0.15, -0.1) is 0 Å². The van der Waals surface area contributed by atoms with Gasteiger partial charge in [-0.1, -0.05) is 0 Å². The van der Waals surface area contributed by atoms with Gasteiger partial charge in [-0.3, -0.25) is 4.79 Å². The molecule has 100 valence electrons. The Morgan fingerprint density at radius 3 is 3.06 bits per heavy atom. The van der Waals surface area contributed by atoms with Crippen molar-refractivity contribution in [2.24, 2.45) is 5.73 Å². The van der Waals surface area contributed by atoms with E-state index in [1.807, 2.05) is 11.8 Å². The summed E-state index contributed by atoms with van der Waals surface area (Å²) in [6, 6.07) is -0.477.